The third kappa shape index (κ3) is 2.93. The standard InChI is InChI=1S/C12H16BrN5O/c1-7-12(13)10(18(2)17-7)4-8(14)9-5-11(19-3)16-6-15-9/h5-6,8H,4,14H2,1-3H3. The highest BCUT2D eigenvalue weighted by atomic mass is 79.9. The Hall–Kier alpha value is -1.47. The van der Waals surface area contributed by atoms with Gasteiger partial charge in [-0.05, 0) is 22.9 Å². The first-order chi connectivity index (χ1) is 9.02. The molecule has 0 aliphatic carbocycles. The summed E-state index contributed by atoms with van der Waals surface area (Å²) in [4.78, 5) is 8.16. The molecule has 0 spiro atoms. The molecular weight excluding hydrogens is 310 g/mol. The van der Waals surface area contributed by atoms with Gasteiger partial charge in [0.25, 0.3) is 0 Å². The maximum Gasteiger partial charge on any atom is 0.216 e. The second-order valence-electron chi connectivity index (χ2n) is 4.27. The normalized spacial score (nSPS) is 12.5. The summed E-state index contributed by atoms with van der Waals surface area (Å²) < 4.78 is 7.90. The van der Waals surface area contributed by atoms with Crippen molar-refractivity contribution in [2.75, 3.05) is 7.11 Å². The predicted molar refractivity (Wildman–Crippen MR) is 74.9 cm³/mol. The Labute approximate surface area is 120 Å². The van der Waals surface area contributed by atoms with Crippen molar-refractivity contribution in [3.05, 3.63) is 33.9 Å². The zero-order chi connectivity index (χ0) is 14.0. The summed E-state index contributed by atoms with van der Waals surface area (Å²) in [6, 6.07) is 1.52. The lowest BCUT2D eigenvalue weighted by Crippen LogP contribution is -2.17. The summed E-state index contributed by atoms with van der Waals surface area (Å²) in [7, 11) is 3.47. The molecule has 0 aliphatic heterocycles. The molecule has 0 radical (unpaired) electrons. The number of nitrogens with two attached hydrogens (primary N) is 1. The lowest BCUT2D eigenvalue weighted by molar-refractivity contribution is 0.395. The molecule has 2 heterocycles. The van der Waals surface area contributed by atoms with Crippen molar-refractivity contribution in [2.45, 2.75) is 19.4 Å². The number of aryl methyl sites for hydroxylation is 2. The van der Waals surface area contributed by atoms with Gasteiger partial charge < -0.3 is 10.5 Å². The van der Waals surface area contributed by atoms with Gasteiger partial charge >= 0.3 is 0 Å². The minimum atomic E-state index is -0.233. The van der Waals surface area contributed by atoms with Crippen molar-refractivity contribution in [1.29, 1.82) is 0 Å². The highest BCUT2D eigenvalue weighted by molar-refractivity contribution is 9.10. The molecule has 7 heteroatoms. The van der Waals surface area contributed by atoms with E-state index in [1.54, 1.807) is 13.2 Å². The quantitative estimate of drug-likeness (QED) is 0.922. The molecule has 2 aromatic rings. The molecule has 0 aliphatic rings. The Morgan fingerprint density at radius 3 is 2.79 bits per heavy atom. The average Bonchev–Trinajstić information content (AvgIpc) is 2.65. The molecule has 6 nitrogen and oxygen atoms in total. The highest BCUT2D eigenvalue weighted by Crippen LogP contribution is 2.24. The number of ether oxygens (including phenoxy) is 1. The Morgan fingerprint density at radius 2 is 2.21 bits per heavy atom. The predicted octanol–water partition coefficient (Wildman–Crippen LogP) is 1.53. The fourth-order valence-corrected chi connectivity index (χ4v) is 2.38. The van der Waals surface area contributed by atoms with E-state index in [2.05, 4.69) is 31.0 Å². The Balaban J connectivity index is 2.22. The number of nitrogens with zero attached hydrogens (tertiary/aromatic N) is 4. The minimum Gasteiger partial charge on any atom is -0.481 e. The van der Waals surface area contributed by atoms with E-state index in [9.17, 15) is 0 Å². The summed E-state index contributed by atoms with van der Waals surface area (Å²) >= 11 is 3.53. The molecule has 0 saturated heterocycles. The second-order valence-corrected chi connectivity index (χ2v) is 5.06. The largest absolute Gasteiger partial charge is 0.481 e. The van der Waals surface area contributed by atoms with E-state index in [1.807, 2.05) is 18.7 Å². The highest BCUT2D eigenvalue weighted by Gasteiger charge is 2.16. The maximum absolute atomic E-state index is 6.19. The van der Waals surface area contributed by atoms with Crippen molar-refractivity contribution in [3.8, 4) is 5.88 Å². The van der Waals surface area contributed by atoms with Crippen LogP contribution in [0, 0.1) is 6.92 Å². The number of hydrogen-bond donors (Lipinski definition) is 1. The zero-order valence-corrected chi connectivity index (χ0v) is 12.7. The molecule has 2 N–H and O–H groups in total. The van der Waals surface area contributed by atoms with Crippen LogP contribution in [-0.2, 0) is 13.5 Å². The first-order valence-corrected chi connectivity index (χ1v) is 6.61. The van der Waals surface area contributed by atoms with Gasteiger partial charge in [-0.3, -0.25) is 4.68 Å². The van der Waals surface area contributed by atoms with Gasteiger partial charge in [0.15, 0.2) is 0 Å². The van der Waals surface area contributed by atoms with E-state index < -0.39 is 0 Å². The molecule has 19 heavy (non-hydrogen) atoms. The molecular formula is C12H16BrN5O. The third-order valence-corrected chi connectivity index (χ3v) is 3.96. The van der Waals surface area contributed by atoms with Crippen LogP contribution in [0.1, 0.15) is 23.1 Å². The van der Waals surface area contributed by atoms with E-state index in [0.29, 0.717) is 12.3 Å². The van der Waals surface area contributed by atoms with Crippen LogP contribution in [0.25, 0.3) is 0 Å². The van der Waals surface area contributed by atoms with Crippen LogP contribution in [0.4, 0.5) is 0 Å². The van der Waals surface area contributed by atoms with Crippen molar-refractivity contribution in [2.24, 2.45) is 12.8 Å². The van der Waals surface area contributed by atoms with Gasteiger partial charge in [-0.15, -0.1) is 0 Å². The SMILES string of the molecule is COc1cc(C(N)Cc2c(Br)c(C)nn2C)ncn1. The van der Waals surface area contributed by atoms with Gasteiger partial charge in [0.05, 0.1) is 34.7 Å². The third-order valence-electron chi connectivity index (χ3n) is 2.93. The van der Waals surface area contributed by atoms with Crippen LogP contribution >= 0.6 is 15.9 Å². The lowest BCUT2D eigenvalue weighted by atomic mass is 10.1. The monoisotopic (exact) mass is 325 g/mol. The maximum atomic E-state index is 6.19. The van der Waals surface area contributed by atoms with Gasteiger partial charge in [-0.1, -0.05) is 0 Å². The van der Waals surface area contributed by atoms with Crippen molar-refractivity contribution >= 4 is 15.9 Å². The molecule has 2 rings (SSSR count). The van der Waals surface area contributed by atoms with Crippen LogP contribution in [0.3, 0.4) is 0 Å². The van der Waals surface area contributed by atoms with Crippen molar-refractivity contribution in [3.63, 3.8) is 0 Å². The van der Waals surface area contributed by atoms with E-state index in [1.165, 1.54) is 6.33 Å². The number of rotatable bonds is 4. The topological polar surface area (TPSA) is 78.9 Å². The number of halogens is 1. The van der Waals surface area contributed by atoms with Crippen molar-refractivity contribution in [1.82, 2.24) is 19.7 Å². The molecule has 0 amide bonds. The Morgan fingerprint density at radius 1 is 1.47 bits per heavy atom. The molecule has 1 atom stereocenters. The molecule has 0 fully saturated rings. The lowest BCUT2D eigenvalue weighted by Gasteiger charge is -2.12. The fourth-order valence-electron chi connectivity index (χ4n) is 1.88. The molecule has 0 bridgehead atoms. The molecule has 0 aromatic carbocycles. The summed E-state index contributed by atoms with van der Waals surface area (Å²) in [6.45, 7) is 1.95. The number of aromatic nitrogens is 4. The summed E-state index contributed by atoms with van der Waals surface area (Å²) in [6.07, 6.45) is 2.09. The average molecular weight is 326 g/mol. The number of methoxy groups -OCH3 is 1. The number of hydrogen-bond acceptors (Lipinski definition) is 5. The van der Waals surface area contributed by atoms with Gasteiger partial charge in [-0.25, -0.2) is 9.97 Å². The van der Waals surface area contributed by atoms with Crippen molar-refractivity contribution < 1.29 is 4.74 Å². The summed E-state index contributed by atoms with van der Waals surface area (Å²) in [5, 5.41) is 4.35. The van der Waals surface area contributed by atoms with Gasteiger partial charge in [0.2, 0.25) is 5.88 Å². The first kappa shape index (κ1) is 14.0. The second kappa shape index (κ2) is 5.66. The van der Waals surface area contributed by atoms with Crippen LogP contribution in [-0.4, -0.2) is 26.9 Å². The Bertz CT molecular complexity index is 583. The summed E-state index contributed by atoms with van der Waals surface area (Å²) in [5.41, 5.74) is 8.93. The van der Waals surface area contributed by atoms with Crippen LogP contribution in [0.15, 0.2) is 16.9 Å². The van der Waals surface area contributed by atoms with Crippen LogP contribution < -0.4 is 10.5 Å². The van der Waals surface area contributed by atoms with E-state index in [0.717, 1.165) is 21.6 Å². The fraction of sp³-hybridized carbons (Fsp3) is 0.417. The van der Waals surface area contributed by atoms with E-state index >= 15 is 0 Å². The molecule has 102 valence electrons. The van der Waals surface area contributed by atoms with E-state index in [-0.39, 0.29) is 6.04 Å². The summed E-state index contributed by atoms with van der Waals surface area (Å²) in [5.74, 6) is 0.515. The zero-order valence-electron chi connectivity index (χ0n) is 11.1. The van der Waals surface area contributed by atoms with Gasteiger partial charge in [0.1, 0.15) is 6.33 Å². The van der Waals surface area contributed by atoms with Crippen LogP contribution in [0.5, 0.6) is 5.88 Å². The minimum absolute atomic E-state index is 0.233. The van der Waals surface area contributed by atoms with E-state index in [4.69, 9.17) is 10.5 Å². The van der Waals surface area contributed by atoms with Gasteiger partial charge in [0, 0.05) is 19.5 Å². The molecule has 2 aromatic heterocycles. The van der Waals surface area contributed by atoms with Crippen LogP contribution in [0.2, 0.25) is 0 Å². The van der Waals surface area contributed by atoms with Gasteiger partial charge in [-0.2, -0.15) is 5.10 Å². The Kier molecular flexibility index (Phi) is 4.16. The molecule has 0 saturated carbocycles. The smallest absolute Gasteiger partial charge is 0.216 e. The molecule has 1 unspecified atom stereocenters. The first-order valence-electron chi connectivity index (χ1n) is 5.82.